The van der Waals surface area contributed by atoms with Crippen LogP contribution in [0.1, 0.15) is 12.5 Å². The number of aryl methyl sites for hydroxylation is 1. The van der Waals surface area contributed by atoms with Gasteiger partial charge >= 0.3 is 0 Å². The van der Waals surface area contributed by atoms with Crippen molar-refractivity contribution in [2.45, 2.75) is 20.0 Å². The Balaban J connectivity index is 1.63. The molecule has 0 aliphatic carbocycles. The van der Waals surface area contributed by atoms with Crippen LogP contribution in [0, 0.1) is 6.92 Å². The average Bonchev–Trinajstić information content (AvgIpc) is 3.04. The van der Waals surface area contributed by atoms with Crippen molar-refractivity contribution in [2.75, 3.05) is 5.32 Å². The van der Waals surface area contributed by atoms with Gasteiger partial charge in [-0.2, -0.15) is 0 Å². The van der Waals surface area contributed by atoms with Gasteiger partial charge in [-0.1, -0.05) is 42.5 Å². The highest BCUT2D eigenvalue weighted by molar-refractivity contribution is 7.14. The smallest absolute Gasteiger partial charge is 0.266 e. The maximum absolute atomic E-state index is 12.3. The van der Waals surface area contributed by atoms with Crippen LogP contribution in [0.25, 0.3) is 11.3 Å². The summed E-state index contributed by atoms with van der Waals surface area (Å²) < 4.78 is 5.69. The molecule has 122 valence electrons. The molecule has 0 radical (unpaired) electrons. The molecular weight excluding hydrogens is 320 g/mol. The number of rotatable bonds is 5. The monoisotopic (exact) mass is 338 g/mol. The highest BCUT2D eigenvalue weighted by atomic mass is 32.1. The first-order chi connectivity index (χ1) is 11.6. The lowest BCUT2D eigenvalue weighted by Gasteiger charge is -2.14. The summed E-state index contributed by atoms with van der Waals surface area (Å²) in [6, 6.07) is 17.5. The van der Waals surface area contributed by atoms with E-state index in [9.17, 15) is 4.79 Å². The van der Waals surface area contributed by atoms with Gasteiger partial charge in [-0.05, 0) is 31.5 Å². The molecule has 0 aliphatic rings. The van der Waals surface area contributed by atoms with E-state index in [1.165, 1.54) is 11.3 Å². The Hall–Kier alpha value is -2.66. The Bertz CT molecular complexity index is 830. The van der Waals surface area contributed by atoms with Crippen LogP contribution in [0.2, 0.25) is 0 Å². The first-order valence-electron chi connectivity index (χ1n) is 7.67. The van der Waals surface area contributed by atoms with Gasteiger partial charge in [0.15, 0.2) is 11.2 Å². The van der Waals surface area contributed by atoms with Gasteiger partial charge in [0.05, 0.1) is 5.69 Å². The Morgan fingerprint density at radius 2 is 1.96 bits per heavy atom. The molecule has 0 unspecified atom stereocenters. The van der Waals surface area contributed by atoms with Crippen LogP contribution >= 0.6 is 11.3 Å². The highest BCUT2D eigenvalue weighted by Gasteiger charge is 2.16. The maximum atomic E-state index is 12.3. The van der Waals surface area contributed by atoms with Crippen molar-refractivity contribution in [1.82, 2.24) is 4.98 Å². The zero-order chi connectivity index (χ0) is 16.9. The third-order valence-corrected chi connectivity index (χ3v) is 4.23. The molecule has 0 aliphatic heterocycles. The largest absolute Gasteiger partial charge is 0.481 e. The summed E-state index contributed by atoms with van der Waals surface area (Å²) in [7, 11) is 0. The van der Waals surface area contributed by atoms with Gasteiger partial charge in [0.25, 0.3) is 5.91 Å². The molecule has 0 saturated heterocycles. The SMILES string of the molecule is Cc1cccc(O[C@@H](C)C(=O)Nc2nc(-c3ccccc3)cs2)c1. The second kappa shape index (κ2) is 7.27. The van der Waals surface area contributed by atoms with Gasteiger partial charge in [0.2, 0.25) is 0 Å². The van der Waals surface area contributed by atoms with Crippen LogP contribution < -0.4 is 10.1 Å². The summed E-state index contributed by atoms with van der Waals surface area (Å²) in [6.45, 7) is 3.71. The van der Waals surface area contributed by atoms with Crippen molar-refractivity contribution >= 4 is 22.4 Å². The molecule has 3 rings (SSSR count). The van der Waals surface area contributed by atoms with Gasteiger partial charge in [0, 0.05) is 10.9 Å². The Kier molecular flexibility index (Phi) is 4.91. The first-order valence-corrected chi connectivity index (χ1v) is 8.55. The molecule has 24 heavy (non-hydrogen) atoms. The van der Waals surface area contributed by atoms with Crippen molar-refractivity contribution < 1.29 is 9.53 Å². The van der Waals surface area contributed by atoms with Crippen LogP contribution in [-0.2, 0) is 4.79 Å². The van der Waals surface area contributed by atoms with Gasteiger partial charge in [-0.15, -0.1) is 11.3 Å². The van der Waals surface area contributed by atoms with Crippen LogP contribution in [-0.4, -0.2) is 17.0 Å². The van der Waals surface area contributed by atoms with E-state index in [4.69, 9.17) is 4.74 Å². The van der Waals surface area contributed by atoms with Crippen molar-refractivity contribution in [2.24, 2.45) is 0 Å². The van der Waals surface area contributed by atoms with Crippen molar-refractivity contribution in [3.8, 4) is 17.0 Å². The molecule has 2 aromatic carbocycles. The van der Waals surface area contributed by atoms with Gasteiger partial charge in [-0.25, -0.2) is 4.98 Å². The number of thiazole rings is 1. The molecule has 0 saturated carbocycles. The zero-order valence-electron chi connectivity index (χ0n) is 13.5. The van der Waals surface area contributed by atoms with Crippen molar-refractivity contribution in [3.05, 3.63) is 65.5 Å². The summed E-state index contributed by atoms with van der Waals surface area (Å²) >= 11 is 1.40. The number of hydrogen-bond acceptors (Lipinski definition) is 4. The van der Waals surface area contributed by atoms with E-state index in [1.54, 1.807) is 6.92 Å². The lowest BCUT2D eigenvalue weighted by atomic mass is 10.2. The first kappa shape index (κ1) is 16.2. The second-order valence-electron chi connectivity index (χ2n) is 5.47. The standard InChI is InChI=1S/C19H18N2O2S/c1-13-7-6-10-16(11-13)23-14(2)18(22)21-19-20-17(12-24-19)15-8-4-3-5-9-15/h3-12,14H,1-2H3,(H,20,21,22)/t14-/m0/s1. The number of carbonyl (C=O) groups is 1. The molecule has 1 heterocycles. The molecule has 0 fully saturated rings. The quantitative estimate of drug-likeness (QED) is 0.744. The van der Waals surface area contributed by atoms with E-state index in [0.29, 0.717) is 10.9 Å². The van der Waals surface area contributed by atoms with E-state index in [1.807, 2.05) is 66.9 Å². The number of carbonyl (C=O) groups excluding carboxylic acids is 1. The van der Waals surface area contributed by atoms with Crippen molar-refractivity contribution in [1.29, 1.82) is 0 Å². The summed E-state index contributed by atoms with van der Waals surface area (Å²) in [5.74, 6) is 0.465. The number of anilines is 1. The number of ether oxygens (including phenoxy) is 1. The normalized spacial score (nSPS) is 11.8. The number of amides is 1. The van der Waals surface area contributed by atoms with Crippen LogP contribution in [0.4, 0.5) is 5.13 Å². The van der Waals surface area contributed by atoms with E-state index >= 15 is 0 Å². The molecule has 3 aromatic rings. The number of nitrogens with one attached hydrogen (secondary N) is 1. The summed E-state index contributed by atoms with van der Waals surface area (Å²) in [5.41, 5.74) is 2.97. The summed E-state index contributed by atoms with van der Waals surface area (Å²) in [5, 5.41) is 5.31. The molecule has 0 spiro atoms. The Labute approximate surface area is 145 Å². The fourth-order valence-electron chi connectivity index (χ4n) is 2.23. The number of hydrogen-bond donors (Lipinski definition) is 1. The van der Waals surface area contributed by atoms with Gasteiger partial charge in [-0.3, -0.25) is 10.1 Å². The Morgan fingerprint density at radius 3 is 2.71 bits per heavy atom. The van der Waals surface area contributed by atoms with Crippen LogP contribution in [0.5, 0.6) is 5.75 Å². The maximum Gasteiger partial charge on any atom is 0.266 e. The molecule has 4 nitrogen and oxygen atoms in total. The lowest BCUT2D eigenvalue weighted by Crippen LogP contribution is -2.30. The molecule has 1 aromatic heterocycles. The third kappa shape index (κ3) is 4.00. The summed E-state index contributed by atoms with van der Waals surface area (Å²) in [4.78, 5) is 16.7. The number of nitrogens with zero attached hydrogens (tertiary/aromatic N) is 1. The van der Waals surface area contributed by atoms with Crippen LogP contribution in [0.3, 0.4) is 0 Å². The van der Waals surface area contributed by atoms with Crippen LogP contribution in [0.15, 0.2) is 60.0 Å². The average molecular weight is 338 g/mol. The molecule has 0 bridgehead atoms. The third-order valence-electron chi connectivity index (χ3n) is 3.48. The molecule has 5 heteroatoms. The van der Waals surface area contributed by atoms with E-state index in [2.05, 4.69) is 10.3 Å². The summed E-state index contributed by atoms with van der Waals surface area (Å²) in [6.07, 6.45) is -0.601. The minimum absolute atomic E-state index is 0.217. The van der Waals surface area contributed by atoms with Crippen molar-refractivity contribution in [3.63, 3.8) is 0 Å². The van der Waals surface area contributed by atoms with E-state index < -0.39 is 6.10 Å². The predicted molar refractivity (Wildman–Crippen MR) is 97.4 cm³/mol. The number of benzene rings is 2. The molecule has 1 amide bonds. The fourth-order valence-corrected chi connectivity index (χ4v) is 2.95. The number of aromatic nitrogens is 1. The molecular formula is C19H18N2O2S. The fraction of sp³-hybridized carbons (Fsp3) is 0.158. The highest BCUT2D eigenvalue weighted by Crippen LogP contribution is 2.25. The molecule has 1 N–H and O–H groups in total. The second-order valence-corrected chi connectivity index (χ2v) is 6.33. The minimum Gasteiger partial charge on any atom is -0.481 e. The minimum atomic E-state index is -0.601. The Morgan fingerprint density at radius 1 is 1.17 bits per heavy atom. The predicted octanol–water partition coefficient (Wildman–Crippen LogP) is 4.52. The topological polar surface area (TPSA) is 51.2 Å². The molecule has 1 atom stereocenters. The zero-order valence-corrected chi connectivity index (χ0v) is 14.3. The lowest BCUT2D eigenvalue weighted by molar-refractivity contribution is -0.122. The van der Waals surface area contributed by atoms with E-state index in [-0.39, 0.29) is 5.91 Å². The van der Waals surface area contributed by atoms with Gasteiger partial charge in [0.1, 0.15) is 5.75 Å². The van der Waals surface area contributed by atoms with E-state index in [0.717, 1.165) is 16.8 Å². The van der Waals surface area contributed by atoms with Gasteiger partial charge < -0.3 is 4.74 Å².